The van der Waals surface area contributed by atoms with Crippen molar-refractivity contribution in [1.82, 2.24) is 0 Å². The van der Waals surface area contributed by atoms with E-state index >= 15 is 0 Å². The normalized spacial score (nSPS) is 39.3. The number of nitrogens with one attached hydrogen (secondary N) is 1. The molecule has 0 aromatic heterocycles. The van der Waals surface area contributed by atoms with E-state index in [1.165, 1.54) is 44.2 Å². The van der Waals surface area contributed by atoms with E-state index < -0.39 is 0 Å². The Balaban J connectivity index is 1.56. The Morgan fingerprint density at radius 1 is 0.947 bits per heavy atom. The summed E-state index contributed by atoms with van der Waals surface area (Å²) in [6.07, 6.45) is 9.41. The number of rotatable bonds is 3. The monoisotopic (exact) mass is 255 g/mol. The predicted octanol–water partition coefficient (Wildman–Crippen LogP) is 3.88. The van der Waals surface area contributed by atoms with Gasteiger partial charge < -0.3 is 5.32 Å². The Morgan fingerprint density at radius 3 is 1.95 bits per heavy atom. The van der Waals surface area contributed by atoms with Crippen LogP contribution in [0.25, 0.3) is 0 Å². The van der Waals surface area contributed by atoms with Gasteiger partial charge in [0.05, 0.1) is 0 Å². The van der Waals surface area contributed by atoms with Crippen LogP contribution in [0.15, 0.2) is 24.3 Å². The summed E-state index contributed by atoms with van der Waals surface area (Å²) in [7, 11) is 0. The molecule has 4 fully saturated rings. The van der Waals surface area contributed by atoms with Crippen molar-refractivity contribution in [2.45, 2.75) is 44.1 Å². The number of hydrogen-bond donors (Lipinski definition) is 1. The molecule has 4 aliphatic rings. The third-order valence-electron chi connectivity index (χ3n) is 5.49. The van der Waals surface area contributed by atoms with E-state index in [4.69, 9.17) is 0 Å². The second kappa shape index (κ2) is 4.09. The summed E-state index contributed by atoms with van der Waals surface area (Å²) in [5, 5.41) is 3.82. The van der Waals surface area contributed by atoms with Gasteiger partial charge in [0, 0.05) is 16.8 Å². The summed E-state index contributed by atoms with van der Waals surface area (Å²) in [5.74, 6) is 2.90. The van der Waals surface area contributed by atoms with Gasteiger partial charge in [-0.3, -0.25) is 4.79 Å². The van der Waals surface area contributed by atoms with Gasteiger partial charge >= 0.3 is 0 Å². The van der Waals surface area contributed by atoms with Crippen LogP contribution in [0.3, 0.4) is 0 Å². The highest BCUT2D eigenvalue weighted by molar-refractivity contribution is 5.75. The number of carbonyl (C=O) groups is 1. The quantitative estimate of drug-likeness (QED) is 0.830. The van der Waals surface area contributed by atoms with Crippen LogP contribution in [0.1, 0.15) is 48.9 Å². The molecule has 0 heterocycles. The third-order valence-corrected chi connectivity index (χ3v) is 5.49. The van der Waals surface area contributed by atoms with E-state index in [1.54, 1.807) is 0 Å². The van der Waals surface area contributed by atoms with Gasteiger partial charge in [-0.1, -0.05) is 0 Å². The average Bonchev–Trinajstić information content (AvgIpc) is 2.37. The zero-order valence-electron chi connectivity index (χ0n) is 11.3. The smallest absolute Gasteiger partial charge is 0.150 e. The summed E-state index contributed by atoms with van der Waals surface area (Å²) in [4.78, 5) is 10.7. The lowest BCUT2D eigenvalue weighted by molar-refractivity contribution is 0.0107. The lowest BCUT2D eigenvalue weighted by atomic mass is 9.53. The van der Waals surface area contributed by atoms with Gasteiger partial charge in [0.1, 0.15) is 6.29 Å². The fourth-order valence-electron chi connectivity index (χ4n) is 5.21. The molecule has 100 valence electrons. The predicted molar refractivity (Wildman–Crippen MR) is 76.4 cm³/mol. The van der Waals surface area contributed by atoms with Crippen molar-refractivity contribution in [3.8, 4) is 0 Å². The minimum absolute atomic E-state index is 0.359. The van der Waals surface area contributed by atoms with Crippen LogP contribution in [0, 0.1) is 17.8 Å². The molecule has 2 heteroatoms. The molecule has 4 aliphatic carbocycles. The SMILES string of the molecule is O=Cc1ccc(NC23CC4CC(CC(C4)C2)C3)cc1. The van der Waals surface area contributed by atoms with Crippen LogP contribution in [0.5, 0.6) is 0 Å². The number of aldehydes is 1. The van der Waals surface area contributed by atoms with Crippen LogP contribution in [-0.2, 0) is 0 Å². The highest BCUT2D eigenvalue weighted by atomic mass is 16.1. The van der Waals surface area contributed by atoms with Crippen LogP contribution >= 0.6 is 0 Å². The minimum Gasteiger partial charge on any atom is -0.380 e. The van der Waals surface area contributed by atoms with Gasteiger partial charge in [0.15, 0.2) is 0 Å². The standard InChI is InChI=1S/C17H21NO/c19-11-12-1-3-16(4-2-12)18-17-8-13-5-14(9-17)7-15(6-13)10-17/h1-4,11,13-15,18H,5-10H2. The number of anilines is 1. The van der Waals surface area contributed by atoms with Gasteiger partial charge in [-0.2, -0.15) is 0 Å². The van der Waals surface area contributed by atoms with Gasteiger partial charge in [0.25, 0.3) is 0 Å². The summed E-state index contributed by atoms with van der Waals surface area (Å²) in [6.45, 7) is 0. The summed E-state index contributed by atoms with van der Waals surface area (Å²) >= 11 is 0. The fraction of sp³-hybridized carbons (Fsp3) is 0.588. The topological polar surface area (TPSA) is 29.1 Å². The molecule has 0 atom stereocenters. The van der Waals surface area contributed by atoms with Crippen molar-refractivity contribution in [3.05, 3.63) is 29.8 Å². The van der Waals surface area contributed by atoms with Gasteiger partial charge in [0.2, 0.25) is 0 Å². The number of benzene rings is 1. The van der Waals surface area contributed by atoms with Crippen LogP contribution < -0.4 is 5.32 Å². The molecule has 0 saturated heterocycles. The summed E-state index contributed by atoms with van der Waals surface area (Å²) < 4.78 is 0. The Morgan fingerprint density at radius 2 is 1.47 bits per heavy atom. The zero-order chi connectivity index (χ0) is 12.9. The molecule has 0 aliphatic heterocycles. The first-order valence-corrected chi connectivity index (χ1v) is 7.58. The molecule has 2 nitrogen and oxygen atoms in total. The van der Waals surface area contributed by atoms with E-state index in [0.717, 1.165) is 29.6 Å². The third kappa shape index (κ3) is 1.98. The van der Waals surface area contributed by atoms with Crippen LogP contribution in [0.2, 0.25) is 0 Å². The molecule has 0 radical (unpaired) electrons. The first kappa shape index (κ1) is 11.5. The summed E-state index contributed by atoms with van der Waals surface area (Å²) in [6, 6.07) is 7.94. The molecular formula is C17H21NO. The van der Waals surface area contributed by atoms with E-state index in [0.29, 0.717) is 5.54 Å². The van der Waals surface area contributed by atoms with Gasteiger partial charge in [-0.05, 0) is 80.5 Å². The van der Waals surface area contributed by atoms with Crippen molar-refractivity contribution in [3.63, 3.8) is 0 Å². The molecule has 4 saturated carbocycles. The van der Waals surface area contributed by atoms with Crippen molar-refractivity contribution >= 4 is 12.0 Å². The van der Waals surface area contributed by atoms with E-state index in [1.807, 2.05) is 12.1 Å². The molecule has 1 N–H and O–H groups in total. The Labute approximate surface area is 114 Å². The van der Waals surface area contributed by atoms with Crippen molar-refractivity contribution in [1.29, 1.82) is 0 Å². The Bertz CT molecular complexity index is 455. The second-order valence-corrected chi connectivity index (χ2v) is 7.06. The Kier molecular flexibility index (Phi) is 2.48. The average molecular weight is 255 g/mol. The van der Waals surface area contributed by atoms with Crippen molar-refractivity contribution in [2.75, 3.05) is 5.32 Å². The van der Waals surface area contributed by atoms with Crippen LogP contribution in [-0.4, -0.2) is 11.8 Å². The molecule has 0 amide bonds. The van der Waals surface area contributed by atoms with E-state index in [9.17, 15) is 4.79 Å². The zero-order valence-corrected chi connectivity index (χ0v) is 11.3. The lowest BCUT2D eigenvalue weighted by Crippen LogP contribution is -2.54. The van der Waals surface area contributed by atoms with E-state index in [2.05, 4.69) is 17.4 Å². The first-order chi connectivity index (χ1) is 9.25. The molecular weight excluding hydrogens is 234 g/mol. The van der Waals surface area contributed by atoms with Gasteiger partial charge in [-0.15, -0.1) is 0 Å². The second-order valence-electron chi connectivity index (χ2n) is 7.06. The maximum atomic E-state index is 10.7. The maximum absolute atomic E-state index is 10.7. The number of carbonyl (C=O) groups excluding carboxylic acids is 1. The molecule has 0 unspecified atom stereocenters. The summed E-state index contributed by atoms with van der Waals surface area (Å²) in [5.41, 5.74) is 2.31. The molecule has 1 aromatic carbocycles. The molecule has 1 aromatic rings. The van der Waals surface area contributed by atoms with Crippen LogP contribution in [0.4, 0.5) is 5.69 Å². The van der Waals surface area contributed by atoms with E-state index in [-0.39, 0.29) is 0 Å². The molecule has 0 spiro atoms. The largest absolute Gasteiger partial charge is 0.380 e. The first-order valence-electron chi connectivity index (χ1n) is 7.58. The Hall–Kier alpha value is -1.31. The molecule has 5 rings (SSSR count). The molecule has 4 bridgehead atoms. The molecule has 19 heavy (non-hydrogen) atoms. The van der Waals surface area contributed by atoms with Crippen molar-refractivity contribution in [2.24, 2.45) is 17.8 Å². The minimum atomic E-state index is 0.359. The maximum Gasteiger partial charge on any atom is 0.150 e. The number of hydrogen-bond acceptors (Lipinski definition) is 2. The highest BCUT2D eigenvalue weighted by Gasteiger charge is 2.50. The van der Waals surface area contributed by atoms with Gasteiger partial charge in [-0.25, -0.2) is 0 Å². The fourth-order valence-corrected chi connectivity index (χ4v) is 5.21. The highest BCUT2D eigenvalue weighted by Crippen LogP contribution is 2.56. The lowest BCUT2D eigenvalue weighted by Gasteiger charge is -2.57. The van der Waals surface area contributed by atoms with Crippen molar-refractivity contribution < 1.29 is 4.79 Å².